The van der Waals surface area contributed by atoms with E-state index in [-0.39, 0.29) is 12.5 Å². The van der Waals surface area contributed by atoms with Gasteiger partial charge in [0.05, 0.1) is 12.2 Å². The molecule has 0 spiro atoms. The standard InChI is InChI=1S/C10H15N3O3S/c1-6-5-17-10(11-6)12-8(14)4-13(3)7(2)9(15)16/h5,7H,4H2,1-3H3,(H,15,16)(H,11,12,14). The number of carbonyl (C=O) groups is 2. The van der Waals surface area contributed by atoms with Crippen LogP contribution in [-0.4, -0.2) is 46.5 Å². The topological polar surface area (TPSA) is 82.5 Å². The highest BCUT2D eigenvalue weighted by molar-refractivity contribution is 7.13. The maximum absolute atomic E-state index is 11.6. The minimum absolute atomic E-state index is 0.0199. The first-order valence-electron chi connectivity index (χ1n) is 5.05. The Labute approximate surface area is 103 Å². The molecule has 7 heteroatoms. The smallest absolute Gasteiger partial charge is 0.320 e. The van der Waals surface area contributed by atoms with Gasteiger partial charge in [-0.15, -0.1) is 11.3 Å². The lowest BCUT2D eigenvalue weighted by atomic mass is 10.3. The molecule has 1 rings (SSSR count). The number of amides is 1. The van der Waals surface area contributed by atoms with E-state index < -0.39 is 12.0 Å². The Hall–Kier alpha value is -1.47. The summed E-state index contributed by atoms with van der Waals surface area (Å²) < 4.78 is 0. The van der Waals surface area contributed by atoms with E-state index in [2.05, 4.69) is 10.3 Å². The number of likely N-dealkylation sites (N-methyl/N-ethyl adjacent to an activating group) is 1. The van der Waals surface area contributed by atoms with Crippen molar-refractivity contribution in [2.24, 2.45) is 0 Å². The zero-order chi connectivity index (χ0) is 13.0. The molecular weight excluding hydrogens is 242 g/mol. The number of aromatic nitrogens is 1. The Morgan fingerprint density at radius 1 is 1.65 bits per heavy atom. The van der Waals surface area contributed by atoms with Crippen LogP contribution in [0.2, 0.25) is 0 Å². The number of thiazole rings is 1. The largest absolute Gasteiger partial charge is 0.480 e. The van der Waals surface area contributed by atoms with Crippen molar-refractivity contribution < 1.29 is 14.7 Å². The van der Waals surface area contributed by atoms with Gasteiger partial charge in [0.25, 0.3) is 0 Å². The van der Waals surface area contributed by atoms with Crippen molar-refractivity contribution in [3.05, 3.63) is 11.1 Å². The summed E-state index contributed by atoms with van der Waals surface area (Å²) in [6.07, 6.45) is 0. The summed E-state index contributed by atoms with van der Waals surface area (Å²) in [4.78, 5) is 27.8. The number of hydrogen-bond donors (Lipinski definition) is 2. The zero-order valence-electron chi connectivity index (χ0n) is 9.93. The van der Waals surface area contributed by atoms with Crippen LogP contribution in [-0.2, 0) is 9.59 Å². The second-order valence-corrected chi connectivity index (χ2v) is 4.63. The van der Waals surface area contributed by atoms with E-state index in [4.69, 9.17) is 5.11 Å². The number of rotatable bonds is 5. The number of nitrogens with zero attached hydrogens (tertiary/aromatic N) is 2. The third-order valence-corrected chi connectivity index (χ3v) is 3.15. The van der Waals surface area contributed by atoms with Crippen molar-refractivity contribution in [3.8, 4) is 0 Å². The van der Waals surface area contributed by atoms with Gasteiger partial charge in [-0.3, -0.25) is 14.5 Å². The molecule has 1 atom stereocenters. The van der Waals surface area contributed by atoms with Crippen molar-refractivity contribution in [2.75, 3.05) is 18.9 Å². The van der Waals surface area contributed by atoms with E-state index in [1.165, 1.54) is 23.2 Å². The molecule has 6 nitrogen and oxygen atoms in total. The number of aryl methyl sites for hydroxylation is 1. The summed E-state index contributed by atoms with van der Waals surface area (Å²) in [6, 6.07) is -0.696. The van der Waals surface area contributed by atoms with E-state index in [1.54, 1.807) is 7.05 Å². The molecule has 0 radical (unpaired) electrons. The maximum Gasteiger partial charge on any atom is 0.320 e. The van der Waals surface area contributed by atoms with Crippen LogP contribution in [0.25, 0.3) is 0 Å². The summed E-state index contributed by atoms with van der Waals surface area (Å²) in [5.41, 5.74) is 0.845. The molecule has 1 unspecified atom stereocenters. The van der Waals surface area contributed by atoms with E-state index in [1.807, 2.05) is 12.3 Å². The molecule has 0 saturated carbocycles. The molecule has 0 fully saturated rings. The van der Waals surface area contributed by atoms with Crippen LogP contribution in [0.1, 0.15) is 12.6 Å². The fourth-order valence-corrected chi connectivity index (χ4v) is 1.83. The Bertz CT molecular complexity index is 419. The van der Waals surface area contributed by atoms with Gasteiger partial charge in [0.15, 0.2) is 5.13 Å². The normalized spacial score (nSPS) is 12.5. The van der Waals surface area contributed by atoms with Crippen LogP contribution >= 0.6 is 11.3 Å². The Morgan fingerprint density at radius 2 is 2.29 bits per heavy atom. The molecule has 0 saturated heterocycles. The van der Waals surface area contributed by atoms with Gasteiger partial charge in [0.1, 0.15) is 6.04 Å². The summed E-state index contributed by atoms with van der Waals surface area (Å²) >= 11 is 1.34. The van der Waals surface area contributed by atoms with E-state index >= 15 is 0 Å². The quantitative estimate of drug-likeness (QED) is 0.815. The molecule has 1 amide bonds. The minimum atomic E-state index is -0.953. The van der Waals surface area contributed by atoms with Gasteiger partial charge in [-0.2, -0.15) is 0 Å². The Morgan fingerprint density at radius 3 is 2.76 bits per heavy atom. The number of nitrogens with one attached hydrogen (secondary N) is 1. The third-order valence-electron chi connectivity index (χ3n) is 2.28. The molecule has 1 heterocycles. The lowest BCUT2D eigenvalue weighted by Gasteiger charge is -2.19. The molecule has 1 aromatic rings. The monoisotopic (exact) mass is 257 g/mol. The number of anilines is 1. The van der Waals surface area contributed by atoms with Crippen LogP contribution in [0, 0.1) is 6.92 Å². The lowest BCUT2D eigenvalue weighted by Crippen LogP contribution is -2.40. The van der Waals surface area contributed by atoms with Crippen LogP contribution in [0.4, 0.5) is 5.13 Å². The van der Waals surface area contributed by atoms with Gasteiger partial charge in [0, 0.05) is 5.38 Å². The second-order valence-electron chi connectivity index (χ2n) is 3.77. The maximum atomic E-state index is 11.6. The van der Waals surface area contributed by atoms with E-state index in [9.17, 15) is 9.59 Å². The Balaban J connectivity index is 2.47. The molecule has 0 aliphatic rings. The first-order chi connectivity index (χ1) is 7.90. The first kappa shape index (κ1) is 13.6. The van der Waals surface area contributed by atoms with E-state index in [0.717, 1.165) is 5.69 Å². The number of carboxylic acids is 1. The van der Waals surface area contributed by atoms with Crippen LogP contribution in [0.15, 0.2) is 5.38 Å². The van der Waals surface area contributed by atoms with Gasteiger partial charge in [-0.25, -0.2) is 4.98 Å². The zero-order valence-corrected chi connectivity index (χ0v) is 10.7. The predicted octanol–water partition coefficient (Wildman–Crippen LogP) is 0.795. The van der Waals surface area contributed by atoms with Crippen molar-refractivity contribution in [2.45, 2.75) is 19.9 Å². The first-order valence-corrected chi connectivity index (χ1v) is 5.93. The molecule has 0 bridgehead atoms. The number of carbonyl (C=O) groups excluding carboxylic acids is 1. The van der Waals surface area contributed by atoms with E-state index in [0.29, 0.717) is 5.13 Å². The molecule has 17 heavy (non-hydrogen) atoms. The molecular formula is C10H15N3O3S. The molecule has 2 N–H and O–H groups in total. The van der Waals surface area contributed by atoms with Crippen LogP contribution in [0.5, 0.6) is 0 Å². The highest BCUT2D eigenvalue weighted by Gasteiger charge is 2.19. The number of aliphatic carboxylic acids is 1. The van der Waals surface area contributed by atoms with Crippen molar-refractivity contribution in [3.63, 3.8) is 0 Å². The SMILES string of the molecule is Cc1csc(NC(=O)CN(C)C(C)C(=O)O)n1. The fourth-order valence-electron chi connectivity index (χ4n) is 1.12. The second kappa shape index (κ2) is 5.74. The summed E-state index contributed by atoms with van der Waals surface area (Å²) in [6.45, 7) is 3.39. The molecule has 1 aromatic heterocycles. The summed E-state index contributed by atoms with van der Waals surface area (Å²) in [5.74, 6) is -1.22. The molecule has 94 valence electrons. The summed E-state index contributed by atoms with van der Waals surface area (Å²) in [7, 11) is 1.59. The summed E-state index contributed by atoms with van der Waals surface area (Å²) in [5, 5.41) is 13.8. The highest BCUT2D eigenvalue weighted by Crippen LogP contribution is 2.14. The van der Waals surface area contributed by atoms with Crippen molar-refractivity contribution >= 4 is 28.3 Å². The molecule has 0 aliphatic carbocycles. The Kier molecular flexibility index (Phi) is 4.59. The van der Waals surface area contributed by atoms with Gasteiger partial charge in [-0.05, 0) is 20.9 Å². The average Bonchev–Trinajstić information content (AvgIpc) is 2.62. The van der Waals surface area contributed by atoms with Crippen molar-refractivity contribution in [1.29, 1.82) is 0 Å². The van der Waals surface area contributed by atoms with Gasteiger partial charge >= 0.3 is 5.97 Å². The molecule has 0 aromatic carbocycles. The lowest BCUT2D eigenvalue weighted by molar-refractivity contribution is -0.142. The number of hydrogen-bond acceptors (Lipinski definition) is 5. The predicted molar refractivity (Wildman–Crippen MR) is 65.2 cm³/mol. The number of carboxylic acid groups (broad SMARTS) is 1. The fraction of sp³-hybridized carbons (Fsp3) is 0.500. The molecule has 0 aliphatic heterocycles. The average molecular weight is 257 g/mol. The minimum Gasteiger partial charge on any atom is -0.480 e. The van der Waals surface area contributed by atoms with Gasteiger partial charge in [-0.1, -0.05) is 0 Å². The third kappa shape index (κ3) is 4.12. The van der Waals surface area contributed by atoms with Gasteiger partial charge < -0.3 is 10.4 Å². The van der Waals surface area contributed by atoms with Crippen LogP contribution in [0.3, 0.4) is 0 Å². The van der Waals surface area contributed by atoms with Crippen molar-refractivity contribution in [1.82, 2.24) is 9.88 Å². The highest BCUT2D eigenvalue weighted by atomic mass is 32.1. The van der Waals surface area contributed by atoms with Crippen LogP contribution < -0.4 is 5.32 Å². The van der Waals surface area contributed by atoms with Gasteiger partial charge in [0.2, 0.25) is 5.91 Å².